The van der Waals surface area contributed by atoms with Crippen LogP contribution in [0.5, 0.6) is 0 Å². The predicted molar refractivity (Wildman–Crippen MR) is 87.2 cm³/mol. The smallest absolute Gasteiger partial charge is 0.356 e. The highest BCUT2D eigenvalue weighted by atomic mass is 19.4. The van der Waals surface area contributed by atoms with Gasteiger partial charge in [-0.2, -0.15) is 13.2 Å². The lowest BCUT2D eigenvalue weighted by atomic mass is 10.0. The van der Waals surface area contributed by atoms with Crippen molar-refractivity contribution in [3.05, 3.63) is 48.4 Å². The lowest BCUT2D eigenvalue weighted by Gasteiger charge is -2.33. The minimum Gasteiger partial charge on any atom is -0.356 e. The van der Waals surface area contributed by atoms with Gasteiger partial charge in [-0.15, -0.1) is 0 Å². The van der Waals surface area contributed by atoms with Crippen LogP contribution in [0.4, 0.5) is 23.4 Å². The zero-order valence-electron chi connectivity index (χ0n) is 13.6. The Balaban J connectivity index is 1.50. The lowest BCUT2D eigenvalue weighted by Crippen LogP contribution is -2.35. The van der Waals surface area contributed by atoms with Gasteiger partial charge in [-0.1, -0.05) is 0 Å². The monoisotopic (exact) mass is 365 g/mol. The topological polar surface area (TPSA) is 46.8 Å². The van der Waals surface area contributed by atoms with Crippen LogP contribution >= 0.6 is 0 Å². The van der Waals surface area contributed by atoms with Crippen LogP contribution in [-0.2, 0) is 6.18 Å². The maximum atomic E-state index is 13.3. The standard InChI is InChI=1S/C17H15F4N5/c18-11-1-2-14-13(7-11)24-10-26(14)12-3-5-25(6-4-12)16-8-15(17(19,20)21)22-9-23-16/h1-2,7-10,12H,3-6H2. The molecule has 3 aromatic rings. The minimum atomic E-state index is -4.49. The first-order chi connectivity index (χ1) is 12.4. The highest BCUT2D eigenvalue weighted by molar-refractivity contribution is 5.75. The molecule has 0 amide bonds. The number of fused-ring (bicyclic) bond motifs is 1. The lowest BCUT2D eigenvalue weighted by molar-refractivity contribution is -0.141. The van der Waals surface area contributed by atoms with Crippen molar-refractivity contribution in [1.82, 2.24) is 19.5 Å². The molecule has 1 aliphatic rings. The Labute approximate surface area is 146 Å². The predicted octanol–water partition coefficient (Wildman–Crippen LogP) is 3.83. The van der Waals surface area contributed by atoms with Crippen LogP contribution in [-0.4, -0.2) is 32.6 Å². The van der Waals surface area contributed by atoms with Crippen molar-refractivity contribution in [2.75, 3.05) is 18.0 Å². The first kappa shape index (κ1) is 16.7. The molecule has 0 radical (unpaired) electrons. The molecule has 0 spiro atoms. The second-order valence-electron chi connectivity index (χ2n) is 6.26. The SMILES string of the molecule is Fc1ccc2c(c1)ncn2C1CCN(c2cc(C(F)(F)F)ncn2)CC1. The fourth-order valence-electron chi connectivity index (χ4n) is 3.34. The Morgan fingerprint density at radius 1 is 1.00 bits per heavy atom. The molecule has 0 unspecified atom stereocenters. The number of nitrogens with zero attached hydrogens (tertiary/aromatic N) is 5. The Morgan fingerprint density at radius 3 is 2.50 bits per heavy atom. The van der Waals surface area contributed by atoms with Gasteiger partial charge in [0, 0.05) is 31.3 Å². The highest BCUT2D eigenvalue weighted by Crippen LogP contribution is 2.32. The molecule has 5 nitrogen and oxygen atoms in total. The van der Waals surface area contributed by atoms with E-state index in [0.29, 0.717) is 18.6 Å². The number of benzene rings is 1. The summed E-state index contributed by atoms with van der Waals surface area (Å²) >= 11 is 0. The van der Waals surface area contributed by atoms with Crippen LogP contribution in [0, 0.1) is 5.82 Å². The van der Waals surface area contributed by atoms with E-state index in [1.54, 1.807) is 12.4 Å². The number of piperidine rings is 1. The van der Waals surface area contributed by atoms with Gasteiger partial charge in [-0.25, -0.2) is 19.3 Å². The minimum absolute atomic E-state index is 0.158. The van der Waals surface area contributed by atoms with Crippen molar-refractivity contribution in [2.45, 2.75) is 25.1 Å². The number of anilines is 1. The van der Waals surface area contributed by atoms with Crippen molar-refractivity contribution in [1.29, 1.82) is 0 Å². The molecule has 0 bridgehead atoms. The number of alkyl halides is 3. The van der Waals surface area contributed by atoms with E-state index in [0.717, 1.165) is 30.8 Å². The summed E-state index contributed by atoms with van der Waals surface area (Å²) in [4.78, 5) is 13.3. The van der Waals surface area contributed by atoms with Gasteiger partial charge in [0.1, 0.15) is 23.7 Å². The second kappa shape index (κ2) is 6.22. The molecule has 1 saturated heterocycles. The van der Waals surface area contributed by atoms with E-state index < -0.39 is 11.9 Å². The molecule has 26 heavy (non-hydrogen) atoms. The van der Waals surface area contributed by atoms with E-state index in [9.17, 15) is 17.6 Å². The van der Waals surface area contributed by atoms with Gasteiger partial charge in [-0.3, -0.25) is 0 Å². The molecule has 1 aliphatic heterocycles. The molecular weight excluding hydrogens is 350 g/mol. The van der Waals surface area contributed by atoms with Gasteiger partial charge in [-0.05, 0) is 25.0 Å². The molecule has 1 fully saturated rings. The maximum Gasteiger partial charge on any atom is 0.433 e. The second-order valence-corrected chi connectivity index (χ2v) is 6.26. The molecule has 1 aromatic carbocycles. The molecule has 3 heterocycles. The summed E-state index contributed by atoms with van der Waals surface area (Å²) in [6, 6.07) is 5.63. The van der Waals surface area contributed by atoms with Crippen LogP contribution in [0.2, 0.25) is 0 Å². The number of imidazole rings is 1. The molecule has 0 N–H and O–H groups in total. The number of halogens is 4. The fraction of sp³-hybridized carbons (Fsp3) is 0.353. The van der Waals surface area contributed by atoms with E-state index in [1.807, 2.05) is 9.47 Å². The quantitative estimate of drug-likeness (QED) is 0.648. The van der Waals surface area contributed by atoms with Gasteiger partial charge in [0.2, 0.25) is 0 Å². The summed E-state index contributed by atoms with van der Waals surface area (Å²) in [5, 5.41) is 0. The third kappa shape index (κ3) is 3.09. The number of aromatic nitrogens is 4. The highest BCUT2D eigenvalue weighted by Gasteiger charge is 2.33. The normalized spacial score (nSPS) is 16.4. The summed E-state index contributed by atoms with van der Waals surface area (Å²) in [6.45, 7) is 1.14. The number of hydrogen-bond donors (Lipinski definition) is 0. The molecule has 136 valence electrons. The van der Waals surface area contributed by atoms with Crippen molar-refractivity contribution < 1.29 is 17.6 Å². The van der Waals surface area contributed by atoms with Crippen molar-refractivity contribution >= 4 is 16.9 Å². The maximum absolute atomic E-state index is 13.3. The van der Waals surface area contributed by atoms with Crippen molar-refractivity contribution in [3.8, 4) is 0 Å². The largest absolute Gasteiger partial charge is 0.433 e. The molecule has 0 atom stereocenters. The average molecular weight is 365 g/mol. The Morgan fingerprint density at radius 2 is 1.77 bits per heavy atom. The van der Waals surface area contributed by atoms with Gasteiger partial charge in [0.15, 0.2) is 0 Å². The zero-order valence-corrected chi connectivity index (χ0v) is 13.6. The summed E-state index contributed by atoms with van der Waals surface area (Å²) in [6.07, 6.45) is -0.386. The van der Waals surface area contributed by atoms with E-state index in [1.165, 1.54) is 12.1 Å². The molecule has 4 rings (SSSR count). The third-order valence-electron chi connectivity index (χ3n) is 4.66. The third-order valence-corrected chi connectivity index (χ3v) is 4.66. The van der Waals surface area contributed by atoms with E-state index in [2.05, 4.69) is 15.0 Å². The average Bonchev–Trinajstić information content (AvgIpc) is 3.04. The zero-order chi connectivity index (χ0) is 18.3. The fourth-order valence-corrected chi connectivity index (χ4v) is 3.34. The molecule has 0 aliphatic carbocycles. The first-order valence-corrected chi connectivity index (χ1v) is 8.18. The van der Waals surface area contributed by atoms with Crippen LogP contribution in [0.15, 0.2) is 36.9 Å². The number of hydrogen-bond acceptors (Lipinski definition) is 4. The Hall–Kier alpha value is -2.71. The van der Waals surface area contributed by atoms with Crippen LogP contribution < -0.4 is 4.90 Å². The summed E-state index contributed by atoms with van der Waals surface area (Å²) in [5.41, 5.74) is 0.511. The van der Waals surface area contributed by atoms with Gasteiger partial charge < -0.3 is 9.47 Å². The summed E-state index contributed by atoms with van der Waals surface area (Å²) < 4.78 is 53.7. The van der Waals surface area contributed by atoms with Crippen molar-refractivity contribution in [2.24, 2.45) is 0 Å². The van der Waals surface area contributed by atoms with Crippen LogP contribution in [0.1, 0.15) is 24.6 Å². The molecular formula is C17H15F4N5. The van der Waals surface area contributed by atoms with Gasteiger partial charge in [0.25, 0.3) is 0 Å². The summed E-state index contributed by atoms with van der Waals surface area (Å²) in [7, 11) is 0. The van der Waals surface area contributed by atoms with Gasteiger partial charge in [0.05, 0.1) is 17.4 Å². The van der Waals surface area contributed by atoms with Gasteiger partial charge >= 0.3 is 6.18 Å². The van der Waals surface area contributed by atoms with E-state index in [4.69, 9.17) is 0 Å². The van der Waals surface area contributed by atoms with Crippen LogP contribution in [0.3, 0.4) is 0 Å². The molecule has 2 aromatic heterocycles. The Bertz CT molecular complexity index is 928. The van der Waals surface area contributed by atoms with Crippen LogP contribution in [0.25, 0.3) is 11.0 Å². The molecule has 0 saturated carbocycles. The number of rotatable bonds is 2. The Kier molecular flexibility index (Phi) is 4.01. The van der Waals surface area contributed by atoms with E-state index >= 15 is 0 Å². The van der Waals surface area contributed by atoms with E-state index in [-0.39, 0.29) is 17.7 Å². The van der Waals surface area contributed by atoms with Crippen molar-refractivity contribution in [3.63, 3.8) is 0 Å². The first-order valence-electron chi connectivity index (χ1n) is 8.18. The molecule has 9 heteroatoms. The summed E-state index contributed by atoms with van der Waals surface area (Å²) in [5.74, 6) is -0.0508.